The minimum atomic E-state index is -1.02. The highest BCUT2D eigenvalue weighted by Gasteiger charge is 2.20. The fourth-order valence-corrected chi connectivity index (χ4v) is 0.635. The summed E-state index contributed by atoms with van der Waals surface area (Å²) in [4.78, 5) is 0. The molecule has 0 saturated carbocycles. The van der Waals surface area contributed by atoms with E-state index in [9.17, 15) is 0 Å². The molecule has 4 heteroatoms. The molecule has 10 heavy (non-hydrogen) atoms. The largest absolute Gasteiger partial charge is 0.395 e. The van der Waals surface area contributed by atoms with E-state index in [4.69, 9.17) is 21.1 Å². The van der Waals surface area contributed by atoms with Gasteiger partial charge in [0.05, 0.1) is 24.9 Å². The van der Waals surface area contributed by atoms with Crippen LogP contribution in [0.2, 0.25) is 0 Å². The summed E-state index contributed by atoms with van der Waals surface area (Å²) in [5.41, 5.74) is 5.23. The van der Waals surface area contributed by atoms with Gasteiger partial charge in [-0.25, -0.2) is 0 Å². The monoisotopic (exact) mass is 149 g/mol. The maximum Gasteiger partial charge on any atom is 0.0971 e. The molecule has 0 radical (unpaired) electrons. The maximum atomic E-state index is 9.05. The van der Waals surface area contributed by atoms with Crippen LogP contribution in [0.1, 0.15) is 13.3 Å². The molecule has 4 nitrogen and oxygen atoms in total. The van der Waals surface area contributed by atoms with E-state index < -0.39 is 18.2 Å². The molecule has 0 amide bonds. The summed E-state index contributed by atoms with van der Waals surface area (Å²) in [6.07, 6.45) is -1.41. The van der Waals surface area contributed by atoms with Gasteiger partial charge in [-0.05, 0) is 6.42 Å². The van der Waals surface area contributed by atoms with Crippen molar-refractivity contribution in [3.63, 3.8) is 0 Å². The predicted molar refractivity (Wildman–Crippen MR) is 37.4 cm³/mol. The Labute approximate surface area is 60.3 Å². The van der Waals surface area contributed by atoms with E-state index >= 15 is 0 Å². The third kappa shape index (κ3) is 2.62. The van der Waals surface area contributed by atoms with Crippen molar-refractivity contribution in [1.29, 1.82) is 0 Å². The summed E-state index contributed by atoms with van der Waals surface area (Å²) in [7, 11) is 0. The molecule has 0 rings (SSSR count). The average molecular weight is 149 g/mol. The smallest absolute Gasteiger partial charge is 0.0971 e. The van der Waals surface area contributed by atoms with Crippen LogP contribution in [-0.2, 0) is 0 Å². The van der Waals surface area contributed by atoms with Crippen molar-refractivity contribution in [2.75, 3.05) is 6.61 Å². The Kier molecular flexibility index (Phi) is 4.55. The summed E-state index contributed by atoms with van der Waals surface area (Å²) >= 11 is 0. The molecule has 3 atom stereocenters. The minimum Gasteiger partial charge on any atom is -0.395 e. The van der Waals surface area contributed by atoms with Gasteiger partial charge in [-0.2, -0.15) is 0 Å². The lowest BCUT2D eigenvalue weighted by Crippen LogP contribution is -2.45. The van der Waals surface area contributed by atoms with Crippen LogP contribution in [0, 0.1) is 0 Å². The van der Waals surface area contributed by atoms with Crippen LogP contribution in [0.25, 0.3) is 0 Å². The van der Waals surface area contributed by atoms with E-state index in [1.165, 1.54) is 0 Å². The molecule has 0 aliphatic carbocycles. The summed E-state index contributed by atoms with van der Waals surface area (Å²) in [6, 6.07) is -0.741. The molecule has 0 aromatic heterocycles. The van der Waals surface area contributed by atoms with E-state index in [1.54, 1.807) is 6.92 Å². The molecule has 0 aliphatic rings. The van der Waals surface area contributed by atoms with Crippen LogP contribution < -0.4 is 5.73 Å². The SMILES string of the molecule is CC[C@H](O)[C@H](O)[C@@H](N)CO. The molecule has 0 saturated heterocycles. The Morgan fingerprint density at radius 3 is 2.20 bits per heavy atom. The maximum absolute atomic E-state index is 9.05. The van der Waals surface area contributed by atoms with Crippen molar-refractivity contribution in [2.45, 2.75) is 31.6 Å². The van der Waals surface area contributed by atoms with Crippen molar-refractivity contribution in [2.24, 2.45) is 5.73 Å². The standard InChI is InChI=1S/C6H15NO3/c1-2-5(9)6(10)4(7)3-8/h4-6,8-10H,2-3,7H2,1H3/t4-,5-,6+/m0/s1. The number of hydrogen-bond donors (Lipinski definition) is 4. The molecule has 0 aromatic rings. The van der Waals surface area contributed by atoms with E-state index in [0.29, 0.717) is 6.42 Å². The molecule has 0 unspecified atom stereocenters. The van der Waals surface area contributed by atoms with Crippen LogP contribution >= 0.6 is 0 Å². The van der Waals surface area contributed by atoms with Crippen LogP contribution in [0.15, 0.2) is 0 Å². The summed E-state index contributed by atoms with van der Waals surface area (Å²) < 4.78 is 0. The molecule has 62 valence electrons. The summed E-state index contributed by atoms with van der Waals surface area (Å²) in [5.74, 6) is 0. The first-order chi connectivity index (χ1) is 4.63. The van der Waals surface area contributed by atoms with Gasteiger partial charge >= 0.3 is 0 Å². The number of aliphatic hydroxyl groups is 3. The van der Waals surface area contributed by atoms with Crippen LogP contribution in [0.4, 0.5) is 0 Å². The summed E-state index contributed by atoms with van der Waals surface area (Å²) in [5, 5.41) is 26.5. The first-order valence-corrected chi connectivity index (χ1v) is 3.36. The van der Waals surface area contributed by atoms with Gasteiger partial charge in [-0.15, -0.1) is 0 Å². The van der Waals surface area contributed by atoms with E-state index in [0.717, 1.165) is 0 Å². The number of hydrogen-bond acceptors (Lipinski definition) is 4. The topological polar surface area (TPSA) is 86.7 Å². The van der Waals surface area contributed by atoms with Crippen molar-refractivity contribution in [3.8, 4) is 0 Å². The van der Waals surface area contributed by atoms with Gasteiger partial charge in [0.25, 0.3) is 0 Å². The van der Waals surface area contributed by atoms with Gasteiger partial charge in [-0.3, -0.25) is 0 Å². The highest BCUT2D eigenvalue weighted by atomic mass is 16.3. The number of rotatable bonds is 4. The first-order valence-electron chi connectivity index (χ1n) is 3.36. The summed E-state index contributed by atoms with van der Waals surface area (Å²) in [6.45, 7) is 1.43. The van der Waals surface area contributed by atoms with Gasteiger partial charge in [0.1, 0.15) is 0 Å². The molecule has 0 bridgehead atoms. The Bertz CT molecular complexity index is 79.1. The van der Waals surface area contributed by atoms with Crippen molar-refractivity contribution >= 4 is 0 Å². The Balaban J connectivity index is 3.69. The zero-order valence-corrected chi connectivity index (χ0v) is 6.07. The van der Waals surface area contributed by atoms with E-state index in [1.807, 2.05) is 0 Å². The first kappa shape index (κ1) is 9.84. The van der Waals surface area contributed by atoms with E-state index in [-0.39, 0.29) is 6.61 Å². The molecular weight excluding hydrogens is 134 g/mol. The van der Waals surface area contributed by atoms with Gasteiger partial charge in [0, 0.05) is 0 Å². The molecule has 0 fully saturated rings. The van der Waals surface area contributed by atoms with E-state index in [2.05, 4.69) is 0 Å². The lowest BCUT2D eigenvalue weighted by molar-refractivity contribution is -0.00852. The van der Waals surface area contributed by atoms with Crippen molar-refractivity contribution in [1.82, 2.24) is 0 Å². The molecule has 5 N–H and O–H groups in total. The molecule has 0 spiro atoms. The minimum absolute atomic E-state index is 0.307. The van der Waals surface area contributed by atoms with Gasteiger partial charge < -0.3 is 21.1 Å². The second kappa shape index (κ2) is 4.62. The average Bonchev–Trinajstić information content (AvgIpc) is 2.00. The number of nitrogens with two attached hydrogens (primary N) is 1. The van der Waals surface area contributed by atoms with Crippen LogP contribution in [-0.4, -0.2) is 40.2 Å². The Morgan fingerprint density at radius 1 is 1.40 bits per heavy atom. The lowest BCUT2D eigenvalue weighted by atomic mass is 10.1. The highest BCUT2D eigenvalue weighted by Crippen LogP contribution is 2.00. The van der Waals surface area contributed by atoms with Crippen molar-refractivity contribution in [3.05, 3.63) is 0 Å². The third-order valence-electron chi connectivity index (χ3n) is 1.46. The Hall–Kier alpha value is -0.160. The molecule has 0 aromatic carbocycles. The lowest BCUT2D eigenvalue weighted by Gasteiger charge is -2.20. The fourth-order valence-electron chi connectivity index (χ4n) is 0.635. The van der Waals surface area contributed by atoms with Gasteiger partial charge in [0.2, 0.25) is 0 Å². The molecular formula is C6H15NO3. The second-order valence-corrected chi connectivity index (χ2v) is 2.31. The highest BCUT2D eigenvalue weighted by molar-refractivity contribution is 4.76. The van der Waals surface area contributed by atoms with Crippen molar-refractivity contribution < 1.29 is 15.3 Å². The zero-order valence-electron chi connectivity index (χ0n) is 6.07. The zero-order chi connectivity index (χ0) is 8.15. The Morgan fingerprint density at radius 2 is 1.90 bits per heavy atom. The second-order valence-electron chi connectivity index (χ2n) is 2.31. The predicted octanol–water partition coefficient (Wildman–Crippen LogP) is -1.56. The number of aliphatic hydroxyl groups excluding tert-OH is 3. The normalized spacial score (nSPS) is 20.1. The molecule has 0 aliphatic heterocycles. The quantitative estimate of drug-likeness (QED) is 0.389. The van der Waals surface area contributed by atoms with Crippen LogP contribution in [0.3, 0.4) is 0 Å². The fraction of sp³-hybridized carbons (Fsp3) is 1.00. The molecule has 0 heterocycles. The third-order valence-corrected chi connectivity index (χ3v) is 1.46. The van der Waals surface area contributed by atoms with Gasteiger partial charge in [0.15, 0.2) is 0 Å². The van der Waals surface area contributed by atoms with Gasteiger partial charge in [-0.1, -0.05) is 6.92 Å². The van der Waals surface area contributed by atoms with Crippen LogP contribution in [0.5, 0.6) is 0 Å².